The zero-order valence-electron chi connectivity index (χ0n) is 10.9. The lowest BCUT2D eigenvalue weighted by Crippen LogP contribution is -2.17. The molecule has 17 heavy (non-hydrogen) atoms. The molecule has 1 aliphatic rings. The van der Waals surface area contributed by atoms with E-state index >= 15 is 0 Å². The van der Waals surface area contributed by atoms with Gasteiger partial charge in [-0.15, -0.1) is 0 Å². The monoisotopic (exact) mass is 230 g/mol. The highest BCUT2D eigenvalue weighted by Gasteiger charge is 2.13. The lowest BCUT2D eigenvalue weighted by atomic mass is 9.92. The van der Waals surface area contributed by atoms with Crippen LogP contribution < -0.4 is 5.32 Å². The fraction of sp³-hybridized carbons (Fsp3) is 0.533. The summed E-state index contributed by atoms with van der Waals surface area (Å²) in [5.74, 6) is 0. The minimum absolute atomic E-state index is 0.409. The van der Waals surface area contributed by atoms with E-state index < -0.39 is 0 Å². The van der Waals surface area contributed by atoms with Gasteiger partial charge in [-0.05, 0) is 57.2 Å². The fourth-order valence-electron chi connectivity index (χ4n) is 2.51. The number of aryl methyl sites for hydroxylation is 1. The zero-order chi connectivity index (χ0) is 12.1. The molecule has 2 nitrogen and oxygen atoms in total. The van der Waals surface area contributed by atoms with Gasteiger partial charge in [-0.2, -0.15) is 0 Å². The number of hydrogen-bond acceptors (Lipinski definition) is 2. The van der Waals surface area contributed by atoms with Crippen molar-refractivity contribution in [2.45, 2.75) is 45.1 Å². The lowest BCUT2D eigenvalue weighted by molar-refractivity contribution is 0.557. The number of nitrogens with one attached hydrogen (secondary N) is 1. The highest BCUT2D eigenvalue weighted by molar-refractivity contribution is 5.22. The maximum absolute atomic E-state index is 4.29. The van der Waals surface area contributed by atoms with Gasteiger partial charge in [0, 0.05) is 18.4 Å². The number of aromatic nitrogens is 1. The molecule has 1 unspecified atom stereocenters. The van der Waals surface area contributed by atoms with Gasteiger partial charge in [0.15, 0.2) is 0 Å². The molecule has 1 heterocycles. The van der Waals surface area contributed by atoms with Crippen molar-refractivity contribution >= 4 is 0 Å². The van der Waals surface area contributed by atoms with Crippen molar-refractivity contribution in [1.29, 1.82) is 0 Å². The predicted octanol–water partition coefficient (Wildman–Crippen LogP) is 3.54. The quantitative estimate of drug-likeness (QED) is 0.800. The van der Waals surface area contributed by atoms with E-state index in [0.29, 0.717) is 6.04 Å². The van der Waals surface area contributed by atoms with Gasteiger partial charge in [-0.3, -0.25) is 4.98 Å². The van der Waals surface area contributed by atoms with Gasteiger partial charge in [0.05, 0.1) is 0 Å². The second-order valence-corrected chi connectivity index (χ2v) is 4.95. The molecule has 1 aromatic rings. The number of rotatable bonds is 4. The SMILES string of the molecule is CNC(CC1=CCCCC1)c1cncc(C)c1. The molecule has 2 rings (SSSR count). The maximum Gasteiger partial charge on any atom is 0.0370 e. The Hall–Kier alpha value is -1.15. The fourth-order valence-corrected chi connectivity index (χ4v) is 2.51. The van der Waals surface area contributed by atoms with E-state index in [1.54, 1.807) is 5.57 Å². The Bertz CT molecular complexity index is 396. The first-order chi connectivity index (χ1) is 8.29. The van der Waals surface area contributed by atoms with Gasteiger partial charge in [0.25, 0.3) is 0 Å². The molecule has 1 N–H and O–H groups in total. The molecule has 1 aromatic heterocycles. The van der Waals surface area contributed by atoms with Crippen molar-refractivity contribution in [3.63, 3.8) is 0 Å². The second kappa shape index (κ2) is 5.97. The molecular weight excluding hydrogens is 208 g/mol. The first-order valence-electron chi connectivity index (χ1n) is 6.56. The Balaban J connectivity index is 2.08. The van der Waals surface area contributed by atoms with Crippen molar-refractivity contribution in [3.8, 4) is 0 Å². The molecule has 0 aliphatic heterocycles. The van der Waals surface area contributed by atoms with Crippen LogP contribution in [-0.2, 0) is 0 Å². The first kappa shape index (κ1) is 12.3. The highest BCUT2D eigenvalue weighted by Crippen LogP contribution is 2.27. The molecule has 0 aromatic carbocycles. The van der Waals surface area contributed by atoms with Crippen LogP contribution in [0.2, 0.25) is 0 Å². The lowest BCUT2D eigenvalue weighted by Gasteiger charge is -2.20. The Morgan fingerprint density at radius 2 is 2.24 bits per heavy atom. The Kier molecular flexibility index (Phi) is 4.32. The van der Waals surface area contributed by atoms with Crippen LogP contribution in [0, 0.1) is 6.92 Å². The molecule has 0 radical (unpaired) electrons. The summed E-state index contributed by atoms with van der Waals surface area (Å²) in [6, 6.07) is 2.64. The van der Waals surface area contributed by atoms with Gasteiger partial charge in [-0.1, -0.05) is 17.7 Å². The summed E-state index contributed by atoms with van der Waals surface area (Å²) in [6.07, 6.45) is 12.7. The van der Waals surface area contributed by atoms with Crippen LogP contribution in [0.3, 0.4) is 0 Å². The van der Waals surface area contributed by atoms with Gasteiger partial charge in [-0.25, -0.2) is 0 Å². The molecule has 0 saturated carbocycles. The number of pyridine rings is 1. The number of hydrogen-bond donors (Lipinski definition) is 1. The summed E-state index contributed by atoms with van der Waals surface area (Å²) < 4.78 is 0. The maximum atomic E-state index is 4.29. The van der Waals surface area contributed by atoms with Gasteiger partial charge < -0.3 is 5.32 Å². The summed E-state index contributed by atoms with van der Waals surface area (Å²) >= 11 is 0. The third-order valence-corrected chi connectivity index (χ3v) is 3.50. The standard InChI is InChI=1S/C15H22N2/c1-12-8-14(11-17-10-12)15(16-2)9-13-6-4-3-5-7-13/h6,8,10-11,15-16H,3-5,7,9H2,1-2H3. The van der Waals surface area contributed by atoms with Crippen LogP contribution in [0.15, 0.2) is 30.1 Å². The summed E-state index contributed by atoms with van der Waals surface area (Å²) in [6.45, 7) is 2.10. The third kappa shape index (κ3) is 3.40. The van der Waals surface area contributed by atoms with E-state index in [2.05, 4.69) is 29.4 Å². The summed E-state index contributed by atoms with van der Waals surface area (Å²) in [4.78, 5) is 4.29. The zero-order valence-corrected chi connectivity index (χ0v) is 10.9. The molecule has 0 saturated heterocycles. The van der Waals surface area contributed by atoms with Gasteiger partial charge in [0.2, 0.25) is 0 Å². The Morgan fingerprint density at radius 1 is 1.35 bits per heavy atom. The third-order valence-electron chi connectivity index (χ3n) is 3.50. The van der Waals surface area contributed by atoms with Crippen molar-refractivity contribution in [2.75, 3.05) is 7.05 Å². The van der Waals surface area contributed by atoms with Crippen molar-refractivity contribution in [3.05, 3.63) is 41.2 Å². The van der Waals surface area contributed by atoms with Crippen molar-refractivity contribution in [1.82, 2.24) is 10.3 Å². The Morgan fingerprint density at radius 3 is 2.88 bits per heavy atom. The van der Waals surface area contributed by atoms with Crippen LogP contribution in [0.5, 0.6) is 0 Å². The van der Waals surface area contributed by atoms with E-state index in [4.69, 9.17) is 0 Å². The molecule has 0 spiro atoms. The summed E-state index contributed by atoms with van der Waals surface area (Å²) in [5.41, 5.74) is 4.15. The molecule has 1 aliphatic carbocycles. The van der Waals surface area contributed by atoms with Crippen LogP contribution in [0.1, 0.15) is 49.3 Å². The smallest absolute Gasteiger partial charge is 0.0370 e. The molecule has 2 heteroatoms. The van der Waals surface area contributed by atoms with E-state index in [-0.39, 0.29) is 0 Å². The first-order valence-corrected chi connectivity index (χ1v) is 6.56. The van der Waals surface area contributed by atoms with Crippen LogP contribution in [0.4, 0.5) is 0 Å². The van der Waals surface area contributed by atoms with Crippen molar-refractivity contribution in [2.24, 2.45) is 0 Å². The molecule has 92 valence electrons. The molecular formula is C15H22N2. The van der Waals surface area contributed by atoms with Crippen LogP contribution in [0.25, 0.3) is 0 Å². The van der Waals surface area contributed by atoms with Crippen molar-refractivity contribution < 1.29 is 0 Å². The minimum Gasteiger partial charge on any atom is -0.313 e. The van der Waals surface area contributed by atoms with Crippen LogP contribution >= 0.6 is 0 Å². The average Bonchev–Trinajstić information content (AvgIpc) is 2.37. The highest BCUT2D eigenvalue weighted by atomic mass is 14.9. The normalized spacial score (nSPS) is 17.6. The molecule has 0 bridgehead atoms. The molecule has 0 amide bonds. The summed E-state index contributed by atoms with van der Waals surface area (Å²) in [5, 5.41) is 3.41. The number of nitrogens with zero attached hydrogens (tertiary/aromatic N) is 1. The van der Waals surface area contributed by atoms with E-state index in [9.17, 15) is 0 Å². The van der Waals surface area contributed by atoms with E-state index in [1.807, 2.05) is 19.4 Å². The summed E-state index contributed by atoms with van der Waals surface area (Å²) in [7, 11) is 2.04. The average molecular weight is 230 g/mol. The Labute approximate surface area is 104 Å². The van der Waals surface area contributed by atoms with Crippen LogP contribution in [-0.4, -0.2) is 12.0 Å². The van der Waals surface area contributed by atoms with Gasteiger partial charge >= 0.3 is 0 Å². The van der Waals surface area contributed by atoms with E-state index in [1.165, 1.54) is 36.8 Å². The van der Waals surface area contributed by atoms with E-state index in [0.717, 1.165) is 6.42 Å². The largest absolute Gasteiger partial charge is 0.313 e. The molecule has 1 atom stereocenters. The minimum atomic E-state index is 0.409. The molecule has 0 fully saturated rings. The predicted molar refractivity (Wildman–Crippen MR) is 71.9 cm³/mol. The topological polar surface area (TPSA) is 24.9 Å². The number of allylic oxidation sites excluding steroid dienone is 1. The van der Waals surface area contributed by atoms with Gasteiger partial charge in [0.1, 0.15) is 0 Å². The second-order valence-electron chi connectivity index (χ2n) is 4.95.